The molecule has 0 aromatic carbocycles. The topological polar surface area (TPSA) is 40.6 Å². The van der Waals surface area contributed by atoms with Gasteiger partial charge in [-0.25, -0.2) is 0 Å². The van der Waals surface area contributed by atoms with Crippen LogP contribution in [0.5, 0.6) is 0 Å². The van der Waals surface area contributed by atoms with Crippen LogP contribution in [-0.4, -0.2) is 47.3 Å². The minimum Gasteiger partial charge on any atom is -0.342 e. The molecule has 96 valence electrons. The Morgan fingerprint density at radius 3 is 2.35 bits per heavy atom. The van der Waals surface area contributed by atoms with Gasteiger partial charge in [0.2, 0.25) is 11.8 Å². The fourth-order valence-corrected chi connectivity index (χ4v) is 2.82. The van der Waals surface area contributed by atoms with E-state index in [1.165, 1.54) is 0 Å². The molecule has 0 radical (unpaired) electrons. The van der Waals surface area contributed by atoms with E-state index in [2.05, 4.69) is 0 Å². The summed E-state index contributed by atoms with van der Waals surface area (Å²) in [5.41, 5.74) is 0. The van der Waals surface area contributed by atoms with Crippen molar-refractivity contribution in [2.75, 3.05) is 19.6 Å². The Hall–Kier alpha value is -1.06. The zero-order valence-corrected chi connectivity index (χ0v) is 10.8. The lowest BCUT2D eigenvalue weighted by Gasteiger charge is -2.37. The standard InChI is InChI=1S/C13H22N2O2/c1-10(2)13(17)14-8-5-11(6-9-14)15-7-3-4-12(15)16/h10-11H,3-9H2,1-2H3. The van der Waals surface area contributed by atoms with E-state index < -0.39 is 0 Å². The third-order valence-corrected chi connectivity index (χ3v) is 3.82. The molecule has 0 atom stereocenters. The predicted octanol–water partition coefficient (Wildman–Crippen LogP) is 1.26. The van der Waals surface area contributed by atoms with Gasteiger partial charge in [0.05, 0.1) is 0 Å². The SMILES string of the molecule is CC(C)C(=O)N1CCC(N2CCCC2=O)CC1. The van der Waals surface area contributed by atoms with Gasteiger partial charge in [-0.1, -0.05) is 13.8 Å². The minimum absolute atomic E-state index is 0.0833. The van der Waals surface area contributed by atoms with Crippen LogP contribution in [0.25, 0.3) is 0 Å². The lowest BCUT2D eigenvalue weighted by Crippen LogP contribution is -2.48. The average molecular weight is 238 g/mol. The highest BCUT2D eigenvalue weighted by atomic mass is 16.2. The number of piperidine rings is 1. The van der Waals surface area contributed by atoms with Gasteiger partial charge < -0.3 is 9.80 Å². The first-order valence-corrected chi connectivity index (χ1v) is 6.68. The van der Waals surface area contributed by atoms with E-state index in [0.29, 0.717) is 18.4 Å². The summed E-state index contributed by atoms with van der Waals surface area (Å²) in [4.78, 5) is 27.4. The van der Waals surface area contributed by atoms with Gasteiger partial charge in [0, 0.05) is 38.0 Å². The molecule has 0 unspecified atom stereocenters. The monoisotopic (exact) mass is 238 g/mol. The maximum Gasteiger partial charge on any atom is 0.225 e. The van der Waals surface area contributed by atoms with Crippen molar-refractivity contribution in [2.24, 2.45) is 5.92 Å². The van der Waals surface area contributed by atoms with Crippen LogP contribution in [0.2, 0.25) is 0 Å². The van der Waals surface area contributed by atoms with Crippen molar-refractivity contribution in [3.63, 3.8) is 0 Å². The summed E-state index contributed by atoms with van der Waals surface area (Å²) >= 11 is 0. The molecule has 2 saturated heterocycles. The van der Waals surface area contributed by atoms with Crippen LogP contribution in [0, 0.1) is 5.92 Å². The second-order valence-corrected chi connectivity index (χ2v) is 5.40. The quantitative estimate of drug-likeness (QED) is 0.726. The van der Waals surface area contributed by atoms with E-state index in [1.807, 2.05) is 23.6 Å². The Balaban J connectivity index is 1.85. The predicted molar refractivity (Wildman–Crippen MR) is 65.4 cm³/mol. The zero-order chi connectivity index (χ0) is 12.4. The van der Waals surface area contributed by atoms with Crippen LogP contribution in [0.1, 0.15) is 39.5 Å². The van der Waals surface area contributed by atoms with Crippen molar-refractivity contribution >= 4 is 11.8 Å². The number of carbonyl (C=O) groups excluding carboxylic acids is 2. The Bertz CT molecular complexity index is 307. The summed E-state index contributed by atoms with van der Waals surface area (Å²) in [5, 5.41) is 0. The summed E-state index contributed by atoms with van der Waals surface area (Å²) in [5.74, 6) is 0.634. The third kappa shape index (κ3) is 2.61. The van der Waals surface area contributed by atoms with E-state index >= 15 is 0 Å². The Morgan fingerprint density at radius 1 is 1.24 bits per heavy atom. The second kappa shape index (κ2) is 5.07. The summed E-state index contributed by atoms with van der Waals surface area (Å²) < 4.78 is 0. The van der Waals surface area contributed by atoms with Crippen molar-refractivity contribution in [1.82, 2.24) is 9.80 Å². The van der Waals surface area contributed by atoms with Crippen molar-refractivity contribution in [3.05, 3.63) is 0 Å². The minimum atomic E-state index is 0.0833. The first-order chi connectivity index (χ1) is 8.09. The van der Waals surface area contributed by atoms with Gasteiger partial charge >= 0.3 is 0 Å². The van der Waals surface area contributed by atoms with Crippen LogP contribution in [0.3, 0.4) is 0 Å². The number of amides is 2. The van der Waals surface area contributed by atoms with Gasteiger partial charge in [-0.3, -0.25) is 9.59 Å². The molecular weight excluding hydrogens is 216 g/mol. The Kier molecular flexibility index (Phi) is 3.69. The molecular formula is C13H22N2O2. The van der Waals surface area contributed by atoms with Gasteiger partial charge in [0.25, 0.3) is 0 Å². The number of hydrogen-bond donors (Lipinski definition) is 0. The van der Waals surface area contributed by atoms with Crippen LogP contribution < -0.4 is 0 Å². The van der Waals surface area contributed by atoms with E-state index in [0.717, 1.165) is 38.9 Å². The molecule has 0 aliphatic carbocycles. The van der Waals surface area contributed by atoms with E-state index in [9.17, 15) is 9.59 Å². The smallest absolute Gasteiger partial charge is 0.225 e. The lowest BCUT2D eigenvalue weighted by atomic mass is 10.0. The number of nitrogens with zero attached hydrogens (tertiary/aromatic N) is 2. The van der Waals surface area contributed by atoms with Crippen LogP contribution in [0.15, 0.2) is 0 Å². The molecule has 4 nitrogen and oxygen atoms in total. The fraction of sp³-hybridized carbons (Fsp3) is 0.846. The molecule has 2 heterocycles. The summed E-state index contributed by atoms with van der Waals surface area (Å²) in [6.07, 6.45) is 3.61. The van der Waals surface area contributed by atoms with Crippen LogP contribution in [0.4, 0.5) is 0 Å². The van der Waals surface area contributed by atoms with Gasteiger partial charge in [-0.05, 0) is 19.3 Å². The molecule has 2 amide bonds. The highest BCUT2D eigenvalue weighted by Gasteiger charge is 2.32. The molecule has 2 fully saturated rings. The molecule has 0 spiro atoms. The molecule has 2 aliphatic rings. The molecule has 2 rings (SSSR count). The van der Waals surface area contributed by atoms with E-state index in [1.54, 1.807) is 0 Å². The molecule has 0 aromatic heterocycles. The lowest BCUT2D eigenvalue weighted by molar-refractivity contribution is -0.137. The Labute approximate surface area is 103 Å². The van der Waals surface area contributed by atoms with Crippen molar-refractivity contribution in [2.45, 2.75) is 45.6 Å². The molecule has 4 heteroatoms. The first kappa shape index (κ1) is 12.4. The molecule has 0 N–H and O–H groups in total. The molecule has 0 bridgehead atoms. The van der Waals surface area contributed by atoms with Gasteiger partial charge in [0.15, 0.2) is 0 Å². The zero-order valence-electron chi connectivity index (χ0n) is 10.8. The van der Waals surface area contributed by atoms with Crippen LogP contribution >= 0.6 is 0 Å². The number of carbonyl (C=O) groups is 2. The highest BCUT2D eigenvalue weighted by molar-refractivity contribution is 5.79. The highest BCUT2D eigenvalue weighted by Crippen LogP contribution is 2.22. The van der Waals surface area contributed by atoms with Gasteiger partial charge in [-0.15, -0.1) is 0 Å². The molecule has 2 aliphatic heterocycles. The average Bonchev–Trinajstić information content (AvgIpc) is 2.74. The number of hydrogen-bond acceptors (Lipinski definition) is 2. The molecule has 17 heavy (non-hydrogen) atoms. The first-order valence-electron chi connectivity index (χ1n) is 6.68. The third-order valence-electron chi connectivity index (χ3n) is 3.82. The largest absolute Gasteiger partial charge is 0.342 e. The van der Waals surface area contributed by atoms with E-state index in [4.69, 9.17) is 0 Å². The van der Waals surface area contributed by atoms with Crippen LogP contribution in [-0.2, 0) is 9.59 Å². The number of likely N-dealkylation sites (tertiary alicyclic amines) is 2. The van der Waals surface area contributed by atoms with E-state index in [-0.39, 0.29) is 11.8 Å². The second-order valence-electron chi connectivity index (χ2n) is 5.40. The maximum atomic E-state index is 11.8. The normalized spacial score (nSPS) is 22.6. The molecule has 0 saturated carbocycles. The van der Waals surface area contributed by atoms with Crippen molar-refractivity contribution in [3.8, 4) is 0 Å². The summed E-state index contributed by atoms with van der Waals surface area (Å²) in [6.45, 7) is 6.43. The summed E-state index contributed by atoms with van der Waals surface area (Å²) in [6, 6.07) is 0.376. The molecule has 0 aromatic rings. The van der Waals surface area contributed by atoms with Crippen molar-refractivity contribution < 1.29 is 9.59 Å². The van der Waals surface area contributed by atoms with Gasteiger partial charge in [-0.2, -0.15) is 0 Å². The van der Waals surface area contributed by atoms with Crippen molar-refractivity contribution in [1.29, 1.82) is 0 Å². The number of rotatable bonds is 2. The fourth-order valence-electron chi connectivity index (χ4n) is 2.82. The summed E-state index contributed by atoms with van der Waals surface area (Å²) in [7, 11) is 0. The van der Waals surface area contributed by atoms with Gasteiger partial charge in [0.1, 0.15) is 0 Å². The maximum absolute atomic E-state index is 11.8. The Morgan fingerprint density at radius 2 is 1.88 bits per heavy atom.